The molecule has 4 rings (SSSR count). The standard InChI is InChI=1S/C26H24F2N2O4.ClH/c1-16-25(22(32)13-18(23(33)14-31)17-7-3-2-4-8-17)30-12-6-11-24(26(30)29-16)34-15-19-20(27)9-5-10-21(19)28;/h2-12,18,23,31,33H,13-15H2,1H3;1H/t18-,23+;/m1./s1. The normalized spacial score (nSPS) is 12.7. The molecule has 2 aromatic heterocycles. The van der Waals surface area contributed by atoms with Gasteiger partial charge in [0.05, 0.1) is 24.0 Å². The van der Waals surface area contributed by atoms with Crippen molar-refractivity contribution >= 4 is 23.8 Å². The van der Waals surface area contributed by atoms with E-state index in [1.165, 1.54) is 6.07 Å². The van der Waals surface area contributed by atoms with Crippen LogP contribution in [0.2, 0.25) is 0 Å². The maximum atomic E-state index is 14.0. The number of hydrogen-bond donors (Lipinski definition) is 2. The lowest BCUT2D eigenvalue weighted by Gasteiger charge is -2.21. The first-order chi connectivity index (χ1) is 16.4. The molecule has 0 bridgehead atoms. The lowest BCUT2D eigenvalue weighted by Crippen LogP contribution is -2.25. The van der Waals surface area contributed by atoms with Gasteiger partial charge in [-0.3, -0.25) is 9.20 Å². The number of rotatable bonds is 9. The van der Waals surface area contributed by atoms with Crippen molar-refractivity contribution in [1.29, 1.82) is 0 Å². The first-order valence-corrected chi connectivity index (χ1v) is 10.8. The van der Waals surface area contributed by atoms with Crippen LogP contribution in [0.4, 0.5) is 8.78 Å². The second-order valence-electron chi connectivity index (χ2n) is 8.00. The van der Waals surface area contributed by atoms with E-state index in [4.69, 9.17) is 4.74 Å². The minimum atomic E-state index is -1.11. The quantitative estimate of drug-likeness (QED) is 0.326. The fraction of sp³-hybridized carbons (Fsp3) is 0.231. The first-order valence-electron chi connectivity index (χ1n) is 10.8. The van der Waals surface area contributed by atoms with Crippen LogP contribution in [0.1, 0.15) is 39.6 Å². The summed E-state index contributed by atoms with van der Waals surface area (Å²) < 4.78 is 35.2. The van der Waals surface area contributed by atoms with E-state index in [0.717, 1.165) is 17.7 Å². The molecule has 2 aromatic carbocycles. The minimum absolute atomic E-state index is 0. The summed E-state index contributed by atoms with van der Waals surface area (Å²) in [5.41, 5.74) is 1.62. The average molecular weight is 503 g/mol. The zero-order valence-electron chi connectivity index (χ0n) is 18.9. The highest BCUT2D eigenvalue weighted by Crippen LogP contribution is 2.29. The van der Waals surface area contributed by atoms with Crippen molar-refractivity contribution in [3.05, 3.63) is 101 Å². The van der Waals surface area contributed by atoms with Crippen LogP contribution in [0, 0.1) is 18.6 Å². The first kappa shape index (κ1) is 26.3. The molecule has 9 heteroatoms. The molecule has 35 heavy (non-hydrogen) atoms. The van der Waals surface area contributed by atoms with Gasteiger partial charge in [0.1, 0.15) is 23.9 Å². The summed E-state index contributed by atoms with van der Waals surface area (Å²) in [5.74, 6) is -2.04. The Labute approximate surface area is 207 Å². The molecule has 0 fully saturated rings. The van der Waals surface area contributed by atoms with E-state index in [1.807, 2.05) is 6.07 Å². The number of aryl methyl sites for hydroxylation is 1. The van der Waals surface area contributed by atoms with Gasteiger partial charge < -0.3 is 14.9 Å². The lowest BCUT2D eigenvalue weighted by molar-refractivity contribution is 0.0646. The Bertz CT molecular complexity index is 1290. The molecule has 0 spiro atoms. The van der Waals surface area contributed by atoms with E-state index < -0.39 is 30.3 Å². The molecule has 0 aliphatic carbocycles. The second kappa shape index (κ2) is 11.4. The summed E-state index contributed by atoms with van der Waals surface area (Å²) in [6, 6.07) is 15.9. The number of halogens is 3. The summed E-state index contributed by atoms with van der Waals surface area (Å²) in [6.45, 7) is 0.857. The molecule has 0 amide bonds. The van der Waals surface area contributed by atoms with Gasteiger partial charge in [-0.05, 0) is 36.8 Å². The van der Waals surface area contributed by atoms with Gasteiger partial charge in [-0.1, -0.05) is 36.4 Å². The van der Waals surface area contributed by atoms with Gasteiger partial charge in [0.25, 0.3) is 0 Å². The maximum absolute atomic E-state index is 14.0. The van der Waals surface area contributed by atoms with Gasteiger partial charge >= 0.3 is 0 Å². The molecule has 2 atom stereocenters. The largest absolute Gasteiger partial charge is 0.485 e. The average Bonchev–Trinajstić information content (AvgIpc) is 3.18. The number of carbonyl (C=O) groups excluding carboxylic acids is 1. The molecule has 4 aromatic rings. The Morgan fingerprint density at radius 3 is 2.40 bits per heavy atom. The Balaban J connectivity index is 0.00000342. The van der Waals surface area contributed by atoms with Crippen molar-refractivity contribution in [2.45, 2.75) is 32.0 Å². The molecule has 0 unspecified atom stereocenters. The Morgan fingerprint density at radius 1 is 1.06 bits per heavy atom. The smallest absolute Gasteiger partial charge is 0.182 e. The van der Waals surface area contributed by atoms with Crippen LogP contribution >= 0.6 is 12.4 Å². The summed E-state index contributed by atoms with van der Waals surface area (Å²) in [4.78, 5) is 17.8. The highest BCUT2D eigenvalue weighted by molar-refractivity contribution is 5.97. The number of ketones is 1. The number of aliphatic hydroxyl groups is 2. The van der Waals surface area contributed by atoms with E-state index in [9.17, 15) is 23.8 Å². The van der Waals surface area contributed by atoms with E-state index in [0.29, 0.717) is 17.0 Å². The second-order valence-corrected chi connectivity index (χ2v) is 8.00. The highest BCUT2D eigenvalue weighted by Gasteiger charge is 2.27. The number of fused-ring (bicyclic) bond motifs is 1. The van der Waals surface area contributed by atoms with Crippen LogP contribution in [0.5, 0.6) is 5.75 Å². The van der Waals surface area contributed by atoms with Crippen molar-refractivity contribution in [1.82, 2.24) is 9.38 Å². The summed E-state index contributed by atoms with van der Waals surface area (Å²) in [7, 11) is 0. The van der Waals surface area contributed by atoms with E-state index in [-0.39, 0.29) is 42.5 Å². The van der Waals surface area contributed by atoms with E-state index in [1.54, 1.807) is 53.9 Å². The van der Waals surface area contributed by atoms with Crippen molar-refractivity contribution < 1.29 is 28.5 Å². The molecule has 2 N–H and O–H groups in total. The molecule has 2 heterocycles. The molecule has 6 nitrogen and oxygen atoms in total. The van der Waals surface area contributed by atoms with Crippen molar-refractivity contribution in [2.75, 3.05) is 6.61 Å². The Morgan fingerprint density at radius 2 is 1.74 bits per heavy atom. The van der Waals surface area contributed by atoms with Gasteiger partial charge in [0.2, 0.25) is 0 Å². The Hall–Kier alpha value is -3.33. The molecule has 0 aliphatic rings. The number of nitrogens with zero attached hydrogens (tertiary/aromatic N) is 2. The van der Waals surface area contributed by atoms with Crippen LogP contribution in [-0.4, -0.2) is 38.1 Å². The predicted octanol–water partition coefficient (Wildman–Crippen LogP) is 4.63. The van der Waals surface area contributed by atoms with Crippen LogP contribution in [-0.2, 0) is 6.61 Å². The van der Waals surface area contributed by atoms with Crippen LogP contribution < -0.4 is 4.74 Å². The van der Waals surface area contributed by atoms with Gasteiger partial charge in [0.15, 0.2) is 17.2 Å². The van der Waals surface area contributed by atoms with E-state index in [2.05, 4.69) is 4.98 Å². The maximum Gasteiger partial charge on any atom is 0.182 e. The zero-order valence-corrected chi connectivity index (χ0v) is 19.7. The van der Waals surface area contributed by atoms with Crippen molar-refractivity contribution in [2.24, 2.45) is 0 Å². The van der Waals surface area contributed by atoms with Crippen LogP contribution in [0.3, 0.4) is 0 Å². The number of pyridine rings is 1. The molecule has 0 aliphatic heterocycles. The number of aliphatic hydroxyl groups excluding tert-OH is 2. The summed E-state index contributed by atoms with van der Waals surface area (Å²) in [5, 5.41) is 19.9. The molecule has 0 radical (unpaired) electrons. The number of benzene rings is 2. The summed E-state index contributed by atoms with van der Waals surface area (Å²) in [6.07, 6.45) is 0.491. The lowest BCUT2D eigenvalue weighted by atomic mass is 9.88. The van der Waals surface area contributed by atoms with Crippen LogP contribution in [0.25, 0.3) is 5.65 Å². The number of Topliss-reactive ketones (excluding diaryl/α,β-unsaturated/α-hetero) is 1. The fourth-order valence-electron chi connectivity index (χ4n) is 4.02. The number of aromatic nitrogens is 2. The predicted molar refractivity (Wildman–Crippen MR) is 129 cm³/mol. The highest BCUT2D eigenvalue weighted by atomic mass is 35.5. The SMILES string of the molecule is Cc1nc2c(OCc3c(F)cccc3F)cccn2c1C(=O)C[C@H](c1ccccc1)[C@@H](O)CO.Cl. The third-order valence-electron chi connectivity index (χ3n) is 5.77. The van der Waals surface area contributed by atoms with Gasteiger partial charge in [-0.15, -0.1) is 12.4 Å². The molecular formula is C26H25ClF2N2O4. The van der Waals surface area contributed by atoms with Gasteiger partial charge in [0, 0.05) is 18.5 Å². The molecule has 0 saturated heterocycles. The van der Waals surface area contributed by atoms with Gasteiger partial charge in [-0.2, -0.15) is 0 Å². The minimum Gasteiger partial charge on any atom is -0.485 e. The molecule has 0 saturated carbocycles. The van der Waals surface area contributed by atoms with E-state index >= 15 is 0 Å². The Kier molecular flexibility index (Phi) is 8.56. The fourth-order valence-corrected chi connectivity index (χ4v) is 4.02. The van der Waals surface area contributed by atoms with Gasteiger partial charge in [-0.25, -0.2) is 13.8 Å². The third-order valence-corrected chi connectivity index (χ3v) is 5.77. The zero-order chi connectivity index (χ0) is 24.2. The van der Waals surface area contributed by atoms with Crippen molar-refractivity contribution in [3.8, 4) is 5.75 Å². The summed E-state index contributed by atoms with van der Waals surface area (Å²) >= 11 is 0. The third kappa shape index (κ3) is 5.51. The topological polar surface area (TPSA) is 84.1 Å². The number of carbonyl (C=O) groups is 1. The number of imidazole rings is 1. The van der Waals surface area contributed by atoms with Crippen molar-refractivity contribution in [3.63, 3.8) is 0 Å². The molecule has 184 valence electrons. The number of ether oxygens (including phenoxy) is 1. The molecular weight excluding hydrogens is 478 g/mol. The monoisotopic (exact) mass is 502 g/mol. The number of hydrogen-bond acceptors (Lipinski definition) is 5. The van der Waals surface area contributed by atoms with Crippen LogP contribution in [0.15, 0.2) is 66.9 Å².